The van der Waals surface area contributed by atoms with Gasteiger partial charge in [0.1, 0.15) is 24.4 Å². The number of alkyl halides is 1. The molecule has 0 saturated carbocycles. The minimum Gasteiger partial charge on any atom is -0.546 e. The van der Waals surface area contributed by atoms with Crippen molar-refractivity contribution in [3.8, 4) is 0 Å². The molecule has 0 aromatic carbocycles. The molecule has 1 aliphatic heterocycles. The summed E-state index contributed by atoms with van der Waals surface area (Å²) in [5, 5.41) is 58.1. The SMILES string of the molecule is N.N.O=C([O-])C(F)(CO[C@H]1O[C@H](CO)[C@@H](O)[C@H](O)[C@H]1O)C(=O)[O-].[Pt+2]. The number of carboxylic acid groups (broad SMARTS) is 2. The number of halogens is 1. The van der Waals surface area contributed by atoms with Gasteiger partial charge in [-0.05, 0) is 0 Å². The third-order valence-electron chi connectivity index (χ3n) is 2.94. The normalized spacial score (nSPS) is 29.5. The summed E-state index contributed by atoms with van der Waals surface area (Å²) in [5.41, 5.74) is -4.00. The minimum atomic E-state index is -4.00. The molecule has 12 nitrogen and oxygen atoms in total. The van der Waals surface area contributed by atoms with Crippen molar-refractivity contribution in [1.29, 1.82) is 0 Å². The molecule has 0 spiro atoms. The molecule has 0 aromatic rings. The maximum atomic E-state index is 13.5. The Bertz CT molecular complexity index is 401. The predicted molar refractivity (Wildman–Crippen MR) is 63.6 cm³/mol. The van der Waals surface area contributed by atoms with E-state index in [0.29, 0.717) is 0 Å². The number of aliphatic hydroxyl groups excluding tert-OH is 4. The van der Waals surface area contributed by atoms with Crippen molar-refractivity contribution < 1.29 is 75.2 Å². The number of rotatable bonds is 6. The van der Waals surface area contributed by atoms with Gasteiger partial charge in [-0.3, -0.25) is 0 Å². The first-order chi connectivity index (χ1) is 9.65. The van der Waals surface area contributed by atoms with Gasteiger partial charge >= 0.3 is 21.1 Å². The zero-order chi connectivity index (χ0) is 16.4. The van der Waals surface area contributed by atoms with E-state index in [1.54, 1.807) is 0 Å². The minimum absolute atomic E-state index is 0. The zero-order valence-corrected chi connectivity index (χ0v) is 14.4. The second-order valence-corrected chi connectivity index (χ2v) is 4.38. The van der Waals surface area contributed by atoms with Crippen LogP contribution < -0.4 is 22.5 Å². The van der Waals surface area contributed by atoms with Crippen LogP contribution in [0.25, 0.3) is 0 Å². The van der Waals surface area contributed by atoms with Gasteiger partial charge in [0.25, 0.3) is 0 Å². The summed E-state index contributed by atoms with van der Waals surface area (Å²) in [6.07, 6.45) is -8.75. The van der Waals surface area contributed by atoms with Crippen molar-refractivity contribution in [2.24, 2.45) is 0 Å². The molecule has 1 saturated heterocycles. The van der Waals surface area contributed by atoms with Crippen LogP contribution in [0, 0.1) is 0 Å². The fraction of sp³-hybridized carbons (Fsp3) is 0.800. The van der Waals surface area contributed by atoms with Gasteiger partial charge in [-0.2, -0.15) is 0 Å². The second kappa shape index (κ2) is 11.0. The van der Waals surface area contributed by atoms with E-state index in [4.69, 9.17) is 9.84 Å². The van der Waals surface area contributed by atoms with E-state index >= 15 is 0 Å². The van der Waals surface area contributed by atoms with Crippen LogP contribution in [0.1, 0.15) is 0 Å². The molecule has 1 rings (SSSR count). The maximum Gasteiger partial charge on any atom is 2.00 e. The summed E-state index contributed by atoms with van der Waals surface area (Å²) >= 11 is 0. The standard InChI is InChI=1S/C10H15FO10.2H3N.Pt/c11-10(8(16)17,9(18)19)2-20-7-6(15)5(14)4(13)3(1-12)21-7;;;/h3-7,12-15H,1-2H2,(H,16,17)(H,18,19);2*1H3;/q;;;+2/p-2/t3-,4-,5+,6-,7+;;;/m1.../s1. The fourth-order valence-corrected chi connectivity index (χ4v) is 1.60. The van der Waals surface area contributed by atoms with E-state index in [0.717, 1.165) is 0 Å². The maximum absolute atomic E-state index is 13.5. The Morgan fingerprint density at radius 2 is 1.54 bits per heavy atom. The molecule has 5 atom stereocenters. The van der Waals surface area contributed by atoms with Gasteiger partial charge in [-0.15, -0.1) is 0 Å². The van der Waals surface area contributed by atoms with Crippen LogP contribution in [0.5, 0.6) is 0 Å². The van der Waals surface area contributed by atoms with E-state index < -0.39 is 61.5 Å². The fourth-order valence-electron chi connectivity index (χ4n) is 1.60. The number of carbonyl (C=O) groups is 2. The summed E-state index contributed by atoms with van der Waals surface area (Å²) < 4.78 is 22.7. The molecule has 0 radical (unpaired) electrons. The summed E-state index contributed by atoms with van der Waals surface area (Å²) in [4.78, 5) is 20.9. The van der Waals surface area contributed by atoms with E-state index in [9.17, 15) is 39.5 Å². The molecule has 10 N–H and O–H groups in total. The Hall–Kier alpha value is -0.762. The van der Waals surface area contributed by atoms with Crippen LogP contribution in [0.2, 0.25) is 0 Å². The smallest absolute Gasteiger partial charge is 0.546 e. The van der Waals surface area contributed by atoms with Crippen LogP contribution in [0.15, 0.2) is 0 Å². The molecule has 1 heterocycles. The van der Waals surface area contributed by atoms with Crippen molar-refractivity contribution in [2.75, 3.05) is 13.2 Å². The van der Waals surface area contributed by atoms with Crippen LogP contribution in [-0.4, -0.2) is 82.0 Å². The number of aliphatic carboxylic acids is 2. The number of ether oxygens (including phenoxy) is 2. The molecule has 0 bridgehead atoms. The number of carbonyl (C=O) groups excluding carboxylic acids is 2. The van der Waals surface area contributed by atoms with Gasteiger partial charge in [-0.25, -0.2) is 4.39 Å². The monoisotopic (exact) mass is 541 g/mol. The van der Waals surface area contributed by atoms with Gasteiger partial charge < -0.3 is 62.0 Å². The average molecular weight is 541 g/mol. The van der Waals surface area contributed by atoms with Crippen LogP contribution in [-0.2, 0) is 40.1 Å². The topological polar surface area (TPSA) is 250 Å². The largest absolute Gasteiger partial charge is 2.00 e. The van der Waals surface area contributed by atoms with Crippen LogP contribution in [0.4, 0.5) is 4.39 Å². The number of aliphatic hydroxyl groups is 4. The van der Waals surface area contributed by atoms with E-state index in [1.165, 1.54) is 0 Å². The first-order valence-electron chi connectivity index (χ1n) is 5.69. The van der Waals surface area contributed by atoms with Gasteiger partial charge in [0.2, 0.25) is 5.67 Å². The molecule has 0 amide bonds. The zero-order valence-electron chi connectivity index (χ0n) is 12.1. The Balaban J connectivity index is -0.00000147. The molecule has 1 fully saturated rings. The molecule has 146 valence electrons. The first kappa shape index (κ1) is 28.1. The number of hydrogen-bond donors (Lipinski definition) is 6. The van der Waals surface area contributed by atoms with Gasteiger partial charge in [0, 0.05) is 0 Å². The van der Waals surface area contributed by atoms with Gasteiger partial charge in [-0.1, -0.05) is 0 Å². The molecule has 24 heavy (non-hydrogen) atoms. The van der Waals surface area contributed by atoms with E-state index in [1.807, 2.05) is 0 Å². The number of carboxylic acids is 2. The van der Waals surface area contributed by atoms with Crippen molar-refractivity contribution in [2.45, 2.75) is 36.4 Å². The number of hydrogen-bond acceptors (Lipinski definition) is 12. The predicted octanol–water partition coefficient (Wildman–Crippen LogP) is -5.67. The third kappa shape index (κ3) is 5.65. The average Bonchev–Trinajstić information content (AvgIpc) is 2.43. The molecule has 0 aromatic heterocycles. The van der Waals surface area contributed by atoms with Crippen molar-refractivity contribution in [1.82, 2.24) is 12.3 Å². The Kier molecular flexibility index (Phi) is 12.8. The summed E-state index contributed by atoms with van der Waals surface area (Å²) in [6, 6.07) is 0. The second-order valence-electron chi connectivity index (χ2n) is 4.38. The van der Waals surface area contributed by atoms with Crippen LogP contribution in [0.3, 0.4) is 0 Å². The van der Waals surface area contributed by atoms with Crippen molar-refractivity contribution in [3.05, 3.63) is 0 Å². The Morgan fingerprint density at radius 1 is 1.08 bits per heavy atom. The summed E-state index contributed by atoms with van der Waals surface area (Å²) in [7, 11) is 0. The summed E-state index contributed by atoms with van der Waals surface area (Å²) in [5.74, 6) is -5.26. The van der Waals surface area contributed by atoms with Gasteiger partial charge in [0.05, 0.1) is 25.2 Å². The van der Waals surface area contributed by atoms with Crippen molar-refractivity contribution >= 4 is 11.9 Å². The van der Waals surface area contributed by atoms with Crippen molar-refractivity contribution in [3.63, 3.8) is 0 Å². The quantitative estimate of drug-likeness (QED) is 0.172. The molecular formula is C10H19FN2O10Pt. The molecule has 0 unspecified atom stereocenters. The molecule has 14 heteroatoms. The van der Waals surface area contributed by atoms with E-state index in [-0.39, 0.29) is 33.4 Å². The summed E-state index contributed by atoms with van der Waals surface area (Å²) in [6.45, 7) is -2.44. The van der Waals surface area contributed by atoms with E-state index in [2.05, 4.69) is 4.74 Å². The van der Waals surface area contributed by atoms with Crippen LogP contribution >= 0.6 is 0 Å². The molecule has 0 aliphatic carbocycles. The Labute approximate surface area is 149 Å². The molecule has 1 aliphatic rings. The Morgan fingerprint density at radius 3 is 1.92 bits per heavy atom. The third-order valence-corrected chi connectivity index (χ3v) is 2.94. The van der Waals surface area contributed by atoms with Gasteiger partial charge in [0.15, 0.2) is 6.29 Å². The molecular weight excluding hydrogens is 522 g/mol. The first-order valence-corrected chi connectivity index (χ1v) is 5.69.